The monoisotopic (exact) mass is 311 g/mol. The molecular formula is C18H17NO4. The third kappa shape index (κ3) is 3.87. The van der Waals surface area contributed by atoms with E-state index >= 15 is 0 Å². The average Bonchev–Trinajstić information content (AvgIpc) is 2.54. The molecule has 5 heteroatoms. The molecule has 5 nitrogen and oxygen atoms in total. The zero-order valence-corrected chi connectivity index (χ0v) is 12.9. The Morgan fingerprint density at radius 2 is 2.04 bits per heavy atom. The molecule has 23 heavy (non-hydrogen) atoms. The zero-order valence-electron chi connectivity index (χ0n) is 12.9. The molecule has 1 unspecified atom stereocenters. The fourth-order valence-corrected chi connectivity index (χ4v) is 2.22. The van der Waals surface area contributed by atoms with E-state index in [0.29, 0.717) is 22.4 Å². The van der Waals surface area contributed by atoms with Crippen molar-refractivity contribution < 1.29 is 19.7 Å². The highest BCUT2D eigenvalue weighted by atomic mass is 16.5. The Morgan fingerprint density at radius 1 is 1.30 bits per heavy atom. The van der Waals surface area contributed by atoms with Crippen molar-refractivity contribution in [3.63, 3.8) is 0 Å². The van der Waals surface area contributed by atoms with Crippen LogP contribution in [0.1, 0.15) is 28.4 Å². The number of aliphatic hydroxyl groups is 1. The average molecular weight is 311 g/mol. The number of carboxylic acids is 1. The largest absolute Gasteiger partial charge is 0.488 e. The summed E-state index contributed by atoms with van der Waals surface area (Å²) in [6.07, 6.45) is -0.458. The molecule has 0 aliphatic rings. The van der Waals surface area contributed by atoms with E-state index in [1.54, 1.807) is 25.1 Å². The van der Waals surface area contributed by atoms with Gasteiger partial charge in [0.25, 0.3) is 0 Å². The minimum Gasteiger partial charge on any atom is -0.488 e. The molecule has 0 bridgehead atoms. The lowest BCUT2D eigenvalue weighted by molar-refractivity contribution is 0.0695. The first-order valence-corrected chi connectivity index (χ1v) is 7.11. The van der Waals surface area contributed by atoms with Gasteiger partial charge >= 0.3 is 5.97 Å². The first-order chi connectivity index (χ1) is 10.9. The number of aromatic carboxylic acids is 1. The van der Waals surface area contributed by atoms with Gasteiger partial charge in [-0.15, -0.1) is 0 Å². The lowest BCUT2D eigenvalue weighted by atomic mass is 9.97. The Morgan fingerprint density at radius 3 is 2.65 bits per heavy atom. The van der Waals surface area contributed by atoms with Crippen LogP contribution < -0.4 is 4.74 Å². The van der Waals surface area contributed by atoms with E-state index in [9.17, 15) is 15.2 Å². The number of carboxylic acid groups (broad SMARTS) is 1. The molecule has 1 atom stereocenters. The summed E-state index contributed by atoms with van der Waals surface area (Å²) in [4.78, 5) is 11.3. The number of rotatable bonds is 5. The van der Waals surface area contributed by atoms with Crippen LogP contribution in [0.15, 0.2) is 36.4 Å². The van der Waals surface area contributed by atoms with Gasteiger partial charge in [0.1, 0.15) is 11.9 Å². The van der Waals surface area contributed by atoms with Crippen LogP contribution in [0.3, 0.4) is 0 Å². The number of hydrogen-bond acceptors (Lipinski definition) is 4. The minimum atomic E-state index is -1.08. The Hall–Kier alpha value is -2.84. The molecule has 2 rings (SSSR count). The van der Waals surface area contributed by atoms with Crippen molar-refractivity contribution in [2.45, 2.75) is 20.0 Å². The van der Waals surface area contributed by atoms with Gasteiger partial charge in [-0.25, -0.2) is 4.79 Å². The van der Waals surface area contributed by atoms with Gasteiger partial charge in [0.15, 0.2) is 0 Å². The molecule has 0 aromatic heterocycles. The van der Waals surface area contributed by atoms with Gasteiger partial charge in [-0.2, -0.15) is 5.26 Å². The second-order valence-corrected chi connectivity index (χ2v) is 5.32. The van der Waals surface area contributed by atoms with Gasteiger partial charge < -0.3 is 14.9 Å². The second-order valence-electron chi connectivity index (χ2n) is 5.32. The molecule has 0 saturated heterocycles. The van der Waals surface area contributed by atoms with E-state index in [1.807, 2.05) is 13.0 Å². The number of carbonyl (C=O) groups is 1. The van der Waals surface area contributed by atoms with Gasteiger partial charge in [-0.05, 0) is 54.8 Å². The van der Waals surface area contributed by atoms with E-state index in [4.69, 9.17) is 9.84 Å². The van der Waals surface area contributed by atoms with Gasteiger partial charge in [-0.3, -0.25) is 0 Å². The topological polar surface area (TPSA) is 90.6 Å². The summed E-state index contributed by atoms with van der Waals surface area (Å²) in [5, 5.41) is 27.7. The predicted molar refractivity (Wildman–Crippen MR) is 85.5 cm³/mol. The van der Waals surface area contributed by atoms with Crippen molar-refractivity contribution in [2.75, 3.05) is 6.61 Å². The Labute approximate surface area is 134 Å². The summed E-state index contributed by atoms with van der Waals surface area (Å²) >= 11 is 0. The van der Waals surface area contributed by atoms with Crippen molar-refractivity contribution in [1.82, 2.24) is 0 Å². The van der Waals surface area contributed by atoms with Gasteiger partial charge in [0.05, 0.1) is 23.8 Å². The number of ether oxygens (including phenoxy) is 1. The predicted octanol–water partition coefficient (Wildman–Crippen LogP) is 2.99. The van der Waals surface area contributed by atoms with E-state index in [1.165, 1.54) is 12.1 Å². The van der Waals surface area contributed by atoms with Crippen molar-refractivity contribution in [3.05, 3.63) is 53.1 Å². The fourth-order valence-electron chi connectivity index (χ4n) is 2.22. The van der Waals surface area contributed by atoms with E-state index in [-0.39, 0.29) is 12.2 Å². The Kier molecular flexibility index (Phi) is 4.99. The van der Waals surface area contributed by atoms with Crippen LogP contribution in [0.25, 0.3) is 11.1 Å². The number of benzene rings is 2. The maximum absolute atomic E-state index is 11.3. The number of aryl methyl sites for hydroxylation is 1. The first kappa shape index (κ1) is 16.5. The molecule has 0 fully saturated rings. The molecule has 0 heterocycles. The normalized spacial score (nSPS) is 11.6. The number of nitrogens with zero attached hydrogens (tertiary/aromatic N) is 1. The summed E-state index contributed by atoms with van der Waals surface area (Å²) < 4.78 is 5.52. The molecule has 2 aromatic carbocycles. The molecule has 0 amide bonds. The van der Waals surface area contributed by atoms with Crippen LogP contribution in [-0.2, 0) is 0 Å². The summed E-state index contributed by atoms with van der Waals surface area (Å²) in [6, 6.07) is 12.1. The van der Waals surface area contributed by atoms with Gasteiger partial charge in [0, 0.05) is 0 Å². The van der Waals surface area contributed by atoms with Crippen molar-refractivity contribution in [1.29, 1.82) is 5.26 Å². The molecule has 2 aromatic rings. The van der Waals surface area contributed by atoms with Gasteiger partial charge in [-0.1, -0.05) is 12.1 Å². The molecule has 0 saturated carbocycles. The first-order valence-electron chi connectivity index (χ1n) is 7.11. The standard InChI is InChI=1S/C18H17NO4/c1-11-3-4-17(15(5-11)9-19)13-6-14(18(21)22)8-16(7-13)23-12(2)10-20/h3-8,12,20H,10H2,1-2H3,(H,21,22). The quantitative estimate of drug-likeness (QED) is 0.886. The van der Waals surface area contributed by atoms with Crippen LogP contribution in [0.4, 0.5) is 0 Å². The number of hydrogen-bond donors (Lipinski definition) is 2. The minimum absolute atomic E-state index is 0.0621. The van der Waals surface area contributed by atoms with Crippen LogP contribution in [-0.4, -0.2) is 28.9 Å². The summed E-state index contributed by atoms with van der Waals surface area (Å²) in [7, 11) is 0. The molecule has 118 valence electrons. The highest BCUT2D eigenvalue weighted by Crippen LogP contribution is 2.29. The van der Waals surface area contributed by atoms with Crippen LogP contribution in [0.2, 0.25) is 0 Å². The lowest BCUT2D eigenvalue weighted by Gasteiger charge is -2.14. The molecule has 0 aliphatic heterocycles. The second kappa shape index (κ2) is 6.95. The highest BCUT2D eigenvalue weighted by Gasteiger charge is 2.13. The fraction of sp³-hybridized carbons (Fsp3) is 0.222. The maximum Gasteiger partial charge on any atom is 0.335 e. The molecular weight excluding hydrogens is 294 g/mol. The Balaban J connectivity index is 2.58. The van der Waals surface area contributed by atoms with Gasteiger partial charge in [0.2, 0.25) is 0 Å². The van der Waals surface area contributed by atoms with Crippen molar-refractivity contribution >= 4 is 5.97 Å². The van der Waals surface area contributed by atoms with E-state index in [0.717, 1.165) is 5.56 Å². The highest BCUT2D eigenvalue weighted by molar-refractivity contribution is 5.90. The molecule has 2 N–H and O–H groups in total. The SMILES string of the molecule is Cc1ccc(-c2cc(OC(C)CO)cc(C(=O)O)c2)c(C#N)c1. The summed E-state index contributed by atoms with van der Waals surface area (Å²) in [5.41, 5.74) is 2.70. The van der Waals surface area contributed by atoms with E-state index in [2.05, 4.69) is 6.07 Å². The summed E-state index contributed by atoms with van der Waals surface area (Å²) in [5.74, 6) is -0.745. The third-order valence-corrected chi connectivity index (χ3v) is 3.35. The number of aliphatic hydroxyl groups excluding tert-OH is 1. The van der Waals surface area contributed by atoms with Crippen LogP contribution in [0.5, 0.6) is 5.75 Å². The zero-order chi connectivity index (χ0) is 17.0. The van der Waals surface area contributed by atoms with Crippen LogP contribution in [0, 0.1) is 18.3 Å². The Bertz CT molecular complexity index is 777. The van der Waals surface area contributed by atoms with E-state index < -0.39 is 12.1 Å². The smallest absolute Gasteiger partial charge is 0.335 e. The maximum atomic E-state index is 11.3. The number of nitriles is 1. The molecule has 0 aliphatic carbocycles. The lowest BCUT2D eigenvalue weighted by Crippen LogP contribution is -2.16. The summed E-state index contributed by atoms with van der Waals surface area (Å²) in [6.45, 7) is 3.38. The van der Waals surface area contributed by atoms with Crippen LogP contribution >= 0.6 is 0 Å². The van der Waals surface area contributed by atoms with Crippen molar-refractivity contribution in [3.8, 4) is 22.9 Å². The molecule has 0 spiro atoms. The molecule has 0 radical (unpaired) electrons. The van der Waals surface area contributed by atoms with Crippen molar-refractivity contribution in [2.24, 2.45) is 0 Å². The third-order valence-electron chi connectivity index (χ3n) is 3.35.